The smallest absolute Gasteiger partial charge is 0.236 e. The van der Waals surface area contributed by atoms with Gasteiger partial charge in [0, 0.05) is 4.92 Å². The van der Waals surface area contributed by atoms with Crippen LogP contribution >= 0.6 is 0 Å². The van der Waals surface area contributed by atoms with E-state index in [0.29, 0.717) is 0 Å². The lowest BCUT2D eigenvalue weighted by Gasteiger charge is -1.99. The first-order valence-electron chi connectivity index (χ1n) is 3.03. The maximum absolute atomic E-state index is 9.91. The number of hydrogen-bond acceptors (Lipinski definition) is 4. The van der Waals surface area contributed by atoms with Crippen LogP contribution in [0.25, 0.3) is 0 Å². The van der Waals surface area contributed by atoms with E-state index in [-0.39, 0.29) is 5.76 Å². The van der Waals surface area contributed by atoms with Crippen molar-refractivity contribution in [1.82, 2.24) is 0 Å². The molecular formula is C6H7NO4. The van der Waals surface area contributed by atoms with Crippen molar-refractivity contribution in [3.63, 3.8) is 0 Å². The number of nitro groups is 1. The third-order valence-electron chi connectivity index (χ3n) is 1.19. The van der Waals surface area contributed by atoms with Gasteiger partial charge in [0.25, 0.3) is 0 Å². The second-order valence-electron chi connectivity index (χ2n) is 2.05. The molecule has 0 aliphatic rings. The molecule has 1 aromatic heterocycles. The molecule has 0 aliphatic heterocycles. The summed E-state index contributed by atoms with van der Waals surface area (Å²) in [5.74, 6) is 0.224. The fourth-order valence-corrected chi connectivity index (χ4v) is 0.712. The van der Waals surface area contributed by atoms with Crippen molar-refractivity contribution in [2.24, 2.45) is 0 Å². The van der Waals surface area contributed by atoms with Crippen LogP contribution in [0.5, 0.6) is 0 Å². The Morgan fingerprint density at radius 2 is 2.55 bits per heavy atom. The number of aliphatic hydroxyl groups excluding tert-OH is 1. The molecule has 5 nitrogen and oxygen atoms in total. The lowest BCUT2D eigenvalue weighted by Crippen LogP contribution is -2.10. The van der Waals surface area contributed by atoms with E-state index >= 15 is 0 Å². The average Bonchev–Trinajstić information content (AvgIpc) is 2.35. The van der Waals surface area contributed by atoms with Crippen molar-refractivity contribution in [2.75, 3.05) is 6.54 Å². The Balaban J connectivity index is 2.56. The van der Waals surface area contributed by atoms with Crippen LogP contribution in [0.4, 0.5) is 0 Å². The first kappa shape index (κ1) is 7.74. The first-order chi connectivity index (χ1) is 5.20. The van der Waals surface area contributed by atoms with Crippen molar-refractivity contribution < 1.29 is 14.4 Å². The molecule has 0 aromatic carbocycles. The molecule has 11 heavy (non-hydrogen) atoms. The highest BCUT2D eigenvalue weighted by Crippen LogP contribution is 2.12. The van der Waals surface area contributed by atoms with Gasteiger partial charge in [-0.3, -0.25) is 10.1 Å². The van der Waals surface area contributed by atoms with Gasteiger partial charge in [-0.1, -0.05) is 0 Å². The topological polar surface area (TPSA) is 76.5 Å². The fourth-order valence-electron chi connectivity index (χ4n) is 0.712. The largest absolute Gasteiger partial charge is 0.466 e. The van der Waals surface area contributed by atoms with Crippen molar-refractivity contribution >= 4 is 0 Å². The van der Waals surface area contributed by atoms with E-state index in [0.717, 1.165) is 0 Å². The zero-order chi connectivity index (χ0) is 8.27. The number of hydrogen-bond donors (Lipinski definition) is 1. The van der Waals surface area contributed by atoms with Gasteiger partial charge in [0.1, 0.15) is 5.76 Å². The molecule has 0 radical (unpaired) electrons. The lowest BCUT2D eigenvalue weighted by atomic mass is 10.3. The Morgan fingerprint density at radius 1 is 1.82 bits per heavy atom. The van der Waals surface area contributed by atoms with Crippen LogP contribution in [0, 0.1) is 10.1 Å². The molecule has 5 heteroatoms. The number of furan rings is 1. The third-order valence-corrected chi connectivity index (χ3v) is 1.19. The van der Waals surface area contributed by atoms with Gasteiger partial charge in [-0.25, -0.2) is 0 Å². The predicted molar refractivity (Wildman–Crippen MR) is 35.5 cm³/mol. The molecule has 0 spiro atoms. The van der Waals surface area contributed by atoms with E-state index in [1.807, 2.05) is 0 Å². The molecule has 1 heterocycles. The van der Waals surface area contributed by atoms with Crippen LogP contribution in [0.1, 0.15) is 11.9 Å². The molecule has 1 atom stereocenters. The summed E-state index contributed by atoms with van der Waals surface area (Å²) in [6, 6.07) is 3.06. The standard InChI is InChI=1S/C6H7NO4/c8-5(4-7(9)10)6-2-1-3-11-6/h1-3,5,8H,4H2/t5-/m1/s1. The minimum Gasteiger partial charge on any atom is -0.466 e. The molecule has 1 rings (SSSR count). The maximum Gasteiger partial charge on any atom is 0.236 e. The second-order valence-corrected chi connectivity index (χ2v) is 2.05. The average molecular weight is 157 g/mol. The van der Waals surface area contributed by atoms with Gasteiger partial charge >= 0.3 is 0 Å². The summed E-state index contributed by atoms with van der Waals surface area (Å²) in [7, 11) is 0. The highest BCUT2D eigenvalue weighted by Gasteiger charge is 2.15. The van der Waals surface area contributed by atoms with Gasteiger partial charge in [0.05, 0.1) is 6.26 Å². The molecule has 0 amide bonds. The summed E-state index contributed by atoms with van der Waals surface area (Å²) >= 11 is 0. The monoisotopic (exact) mass is 157 g/mol. The highest BCUT2D eigenvalue weighted by molar-refractivity contribution is 5.01. The zero-order valence-electron chi connectivity index (χ0n) is 5.64. The van der Waals surface area contributed by atoms with Crippen molar-refractivity contribution in [3.05, 3.63) is 34.3 Å². The Kier molecular flexibility index (Phi) is 2.22. The molecule has 0 bridgehead atoms. The highest BCUT2D eigenvalue weighted by atomic mass is 16.6. The minimum absolute atomic E-state index is 0.224. The lowest BCUT2D eigenvalue weighted by molar-refractivity contribution is -0.492. The van der Waals surface area contributed by atoms with E-state index in [9.17, 15) is 10.1 Å². The van der Waals surface area contributed by atoms with E-state index in [2.05, 4.69) is 0 Å². The normalized spacial score (nSPS) is 12.8. The molecule has 60 valence electrons. The molecule has 0 aliphatic carbocycles. The number of aliphatic hydroxyl groups is 1. The molecule has 1 N–H and O–H groups in total. The van der Waals surface area contributed by atoms with Crippen molar-refractivity contribution in [3.8, 4) is 0 Å². The Hall–Kier alpha value is -1.36. The van der Waals surface area contributed by atoms with Gasteiger partial charge < -0.3 is 9.52 Å². The van der Waals surface area contributed by atoms with Crippen molar-refractivity contribution in [1.29, 1.82) is 0 Å². The summed E-state index contributed by atoms with van der Waals surface area (Å²) in [6.45, 7) is -0.520. The summed E-state index contributed by atoms with van der Waals surface area (Å²) in [5, 5.41) is 19.0. The number of nitrogens with zero attached hydrogens (tertiary/aromatic N) is 1. The third kappa shape index (κ3) is 2.05. The molecular weight excluding hydrogens is 150 g/mol. The summed E-state index contributed by atoms with van der Waals surface area (Å²) in [4.78, 5) is 9.32. The van der Waals surface area contributed by atoms with E-state index in [1.165, 1.54) is 12.3 Å². The fraction of sp³-hybridized carbons (Fsp3) is 0.333. The van der Waals surface area contributed by atoms with E-state index < -0.39 is 17.6 Å². The van der Waals surface area contributed by atoms with E-state index in [1.54, 1.807) is 6.07 Å². The number of rotatable bonds is 3. The Bertz CT molecular complexity index is 231. The van der Waals surface area contributed by atoms with E-state index in [4.69, 9.17) is 9.52 Å². The molecule has 0 saturated heterocycles. The van der Waals surface area contributed by atoms with Crippen LogP contribution in [0.2, 0.25) is 0 Å². The minimum atomic E-state index is -1.14. The van der Waals surface area contributed by atoms with Crippen LogP contribution in [-0.4, -0.2) is 16.6 Å². The maximum atomic E-state index is 9.91. The van der Waals surface area contributed by atoms with Crippen LogP contribution in [0.3, 0.4) is 0 Å². The van der Waals surface area contributed by atoms with Gasteiger partial charge in [-0.2, -0.15) is 0 Å². The zero-order valence-corrected chi connectivity index (χ0v) is 5.64. The molecule has 0 saturated carbocycles. The van der Waals surface area contributed by atoms with Gasteiger partial charge in [-0.15, -0.1) is 0 Å². The van der Waals surface area contributed by atoms with Gasteiger partial charge in [0.15, 0.2) is 6.10 Å². The van der Waals surface area contributed by atoms with Gasteiger partial charge in [-0.05, 0) is 12.1 Å². The summed E-state index contributed by atoms with van der Waals surface area (Å²) in [6.07, 6.45) is 0.221. The Morgan fingerprint density at radius 3 is 3.00 bits per heavy atom. The van der Waals surface area contributed by atoms with Crippen LogP contribution < -0.4 is 0 Å². The molecule has 1 aromatic rings. The second kappa shape index (κ2) is 3.16. The first-order valence-corrected chi connectivity index (χ1v) is 3.03. The summed E-state index contributed by atoms with van der Waals surface area (Å²) < 4.78 is 4.74. The van der Waals surface area contributed by atoms with Gasteiger partial charge in [0.2, 0.25) is 6.54 Å². The van der Waals surface area contributed by atoms with Crippen LogP contribution in [0.15, 0.2) is 22.8 Å². The molecule has 0 fully saturated rings. The SMILES string of the molecule is O=[N+]([O-])C[C@@H](O)c1ccco1. The summed E-state index contributed by atoms with van der Waals surface area (Å²) in [5.41, 5.74) is 0. The quantitative estimate of drug-likeness (QED) is 0.514. The Labute approximate surface area is 62.4 Å². The van der Waals surface area contributed by atoms with Crippen LogP contribution in [-0.2, 0) is 0 Å². The predicted octanol–water partition coefficient (Wildman–Crippen LogP) is 0.590. The molecule has 0 unspecified atom stereocenters. The van der Waals surface area contributed by atoms with Crippen molar-refractivity contribution in [2.45, 2.75) is 6.10 Å².